The molecular weight excluding hydrogens is 1120 g/mol. The van der Waals surface area contributed by atoms with Crippen molar-refractivity contribution >= 4 is 18.0 Å². The van der Waals surface area contributed by atoms with Crippen LogP contribution in [0.15, 0.2) is 78.4 Å². The second-order valence-electron chi connectivity index (χ2n) is 25.7. The van der Waals surface area contributed by atoms with Gasteiger partial charge in [0.15, 0.2) is 25.2 Å². The van der Waals surface area contributed by atoms with Crippen LogP contribution in [-0.2, 0) is 71.1 Å². The normalized spacial score (nSPS) is 45.5. The lowest BCUT2D eigenvalue weighted by atomic mass is 9.42. The van der Waals surface area contributed by atoms with Crippen molar-refractivity contribution in [3.05, 3.63) is 89.5 Å². The minimum atomic E-state index is -2.00. The van der Waals surface area contributed by atoms with Crippen molar-refractivity contribution in [3.63, 3.8) is 0 Å². The number of aliphatic hydroxyl groups is 5. The van der Waals surface area contributed by atoms with E-state index < -0.39 is 162 Å². The van der Waals surface area contributed by atoms with Crippen LogP contribution in [-0.4, -0.2) is 206 Å². The molecule has 26 atom stereocenters. The van der Waals surface area contributed by atoms with Crippen LogP contribution in [0.2, 0.25) is 0 Å². The van der Waals surface area contributed by atoms with Crippen molar-refractivity contribution < 1.29 is 101 Å². The zero-order chi connectivity index (χ0) is 61.7. The van der Waals surface area contributed by atoms with Gasteiger partial charge in [0.1, 0.15) is 65.6 Å². The zero-order valence-corrected chi connectivity index (χ0v) is 51.5. The summed E-state index contributed by atoms with van der Waals surface area (Å²) < 4.78 is 87.5. The lowest BCUT2D eigenvalue weighted by Crippen LogP contribution is -2.78. The summed E-state index contributed by atoms with van der Waals surface area (Å²) in [6.45, 7) is 12.7. The summed E-state index contributed by atoms with van der Waals surface area (Å²) >= 11 is 0. The monoisotopic (exact) mass is 1210 g/mol. The third-order valence-electron chi connectivity index (χ3n) is 21.1. The molecule has 10 rings (SSSR count). The Kier molecular flexibility index (Phi) is 19.8. The molecule has 0 aromatic heterocycles. The van der Waals surface area contributed by atoms with E-state index >= 15 is 0 Å². The van der Waals surface area contributed by atoms with Gasteiger partial charge in [0.2, 0.25) is 0 Å². The fraction of sp³-hybridized carbons (Fsp3) is 0.723. The van der Waals surface area contributed by atoms with Gasteiger partial charge >= 0.3 is 11.9 Å². The summed E-state index contributed by atoms with van der Waals surface area (Å²) in [6.07, 6.45) is -6.48. The van der Waals surface area contributed by atoms with Gasteiger partial charge in [-0.05, 0) is 109 Å². The summed E-state index contributed by atoms with van der Waals surface area (Å²) in [7, 11) is 6.24. The largest absolute Gasteiger partial charge is 0.458 e. The van der Waals surface area contributed by atoms with Gasteiger partial charge in [-0.25, -0.2) is 9.59 Å². The first-order chi connectivity index (χ1) is 40.9. The summed E-state index contributed by atoms with van der Waals surface area (Å²) in [4.78, 5) is 27.5. The number of carbonyl (C=O) groups is 2. The number of hydrogen-bond acceptors (Lipinski definition) is 21. The number of benzene rings is 2. The maximum atomic E-state index is 14.0. The molecule has 0 radical (unpaired) electrons. The molecule has 2 aromatic rings. The van der Waals surface area contributed by atoms with Crippen molar-refractivity contribution in [2.75, 3.05) is 28.4 Å². The molecule has 26 unspecified atom stereocenters. The van der Waals surface area contributed by atoms with E-state index in [-0.39, 0.29) is 38.2 Å². The molecule has 21 heteroatoms. The molecule has 4 aliphatic heterocycles. The summed E-state index contributed by atoms with van der Waals surface area (Å²) in [5.74, 6) is -1.95. The van der Waals surface area contributed by atoms with Crippen molar-refractivity contribution in [3.8, 4) is 0 Å². The van der Waals surface area contributed by atoms with Crippen molar-refractivity contribution in [1.29, 1.82) is 0 Å². The Hall–Kier alpha value is -3.82. The molecule has 4 aliphatic carbocycles. The van der Waals surface area contributed by atoms with Crippen molar-refractivity contribution in [2.45, 2.75) is 252 Å². The molecule has 86 heavy (non-hydrogen) atoms. The van der Waals surface area contributed by atoms with E-state index in [1.54, 1.807) is 78.5 Å². The quantitative estimate of drug-likeness (QED) is 0.0664. The highest BCUT2D eigenvalue weighted by Gasteiger charge is 2.81. The number of carbonyl (C=O) groups excluding carboxylic acids is 2. The highest BCUT2D eigenvalue weighted by Crippen LogP contribution is 2.71. The van der Waals surface area contributed by atoms with Crippen LogP contribution in [0.25, 0.3) is 6.08 Å². The standard InChI is InChI=1S/C65H92O21/c1-35-53(67)58(76-11)54(68)60(80-35)86-57-38(4)79-52(33-46(57)75-10)85-56-37(3)78-51(32-45(56)74-9)84-55-36(2)77-50(31-44(55)73-8)82-43-25-26-61(6)42(30-43)24-27-64(71)47(61)34-48(83-49(66)23-22-40-18-14-12-15-19-40)62(7)63(70,28-29-65(62,64)72)39(5)81-59(69)41-20-16-13-17-21-41/h12-24,35-39,43-48,50-58,60,67-68,70-72H,25-34H2,1-11H3. The number of hydrogen-bond donors (Lipinski definition) is 5. The van der Waals surface area contributed by atoms with Gasteiger partial charge in [0.05, 0.1) is 59.8 Å². The number of methoxy groups -OCH3 is 4. The Morgan fingerprint density at radius 1 is 0.640 bits per heavy atom. The second-order valence-corrected chi connectivity index (χ2v) is 25.7. The molecule has 478 valence electrons. The molecule has 2 aromatic carbocycles. The number of rotatable bonds is 18. The average Bonchev–Trinajstić information content (AvgIpc) is 1.35. The van der Waals surface area contributed by atoms with E-state index in [0.29, 0.717) is 37.7 Å². The summed E-state index contributed by atoms with van der Waals surface area (Å²) in [5.41, 5.74) is -5.98. The van der Waals surface area contributed by atoms with Crippen LogP contribution in [0.5, 0.6) is 0 Å². The van der Waals surface area contributed by atoms with Crippen molar-refractivity contribution in [1.82, 2.24) is 0 Å². The molecule has 0 amide bonds. The average molecular weight is 1210 g/mol. The van der Waals surface area contributed by atoms with Crippen LogP contribution in [0.1, 0.15) is 129 Å². The number of esters is 2. The minimum Gasteiger partial charge on any atom is -0.458 e. The summed E-state index contributed by atoms with van der Waals surface area (Å²) in [5, 5.41) is 61.3. The molecular formula is C65H92O21. The molecule has 4 saturated heterocycles. The van der Waals surface area contributed by atoms with Gasteiger partial charge < -0.3 is 91.8 Å². The highest BCUT2D eigenvalue weighted by atomic mass is 16.8. The van der Waals surface area contributed by atoms with Gasteiger partial charge in [-0.2, -0.15) is 0 Å². The molecule has 7 fully saturated rings. The summed E-state index contributed by atoms with van der Waals surface area (Å²) in [6, 6.07) is 17.8. The Bertz CT molecular complexity index is 2680. The lowest BCUT2D eigenvalue weighted by Gasteiger charge is -2.67. The van der Waals surface area contributed by atoms with Crippen LogP contribution in [0.4, 0.5) is 0 Å². The van der Waals surface area contributed by atoms with E-state index in [9.17, 15) is 35.1 Å². The molecule has 5 N–H and O–H groups in total. The topological polar surface area (TPSA) is 265 Å². The Morgan fingerprint density at radius 3 is 1.74 bits per heavy atom. The van der Waals surface area contributed by atoms with E-state index in [1.807, 2.05) is 57.2 Å². The Morgan fingerprint density at radius 2 is 1.19 bits per heavy atom. The lowest BCUT2D eigenvalue weighted by molar-refractivity contribution is -0.356. The maximum Gasteiger partial charge on any atom is 0.338 e. The van der Waals surface area contributed by atoms with E-state index in [0.717, 1.165) is 11.1 Å². The minimum absolute atomic E-state index is 0.0415. The van der Waals surface area contributed by atoms with Crippen LogP contribution in [0, 0.1) is 16.7 Å². The van der Waals surface area contributed by atoms with Crippen LogP contribution < -0.4 is 0 Å². The van der Waals surface area contributed by atoms with E-state index in [1.165, 1.54) is 13.2 Å². The Labute approximate surface area is 504 Å². The van der Waals surface area contributed by atoms with Crippen LogP contribution >= 0.6 is 0 Å². The first kappa shape index (κ1) is 65.1. The molecule has 3 saturated carbocycles. The van der Waals surface area contributed by atoms with Gasteiger partial charge in [-0.3, -0.25) is 0 Å². The molecule has 21 nitrogen and oxygen atoms in total. The molecule has 8 aliphatic rings. The smallest absolute Gasteiger partial charge is 0.338 e. The first-order valence-corrected chi connectivity index (χ1v) is 30.7. The highest BCUT2D eigenvalue weighted by molar-refractivity contribution is 5.89. The molecule has 0 spiro atoms. The Balaban J connectivity index is 0.776. The predicted octanol–water partition coefficient (Wildman–Crippen LogP) is 5.86. The van der Waals surface area contributed by atoms with Gasteiger partial charge in [-0.1, -0.05) is 74.0 Å². The first-order valence-electron chi connectivity index (χ1n) is 30.7. The maximum absolute atomic E-state index is 14.0. The SMILES string of the molecule is COC1CC(OC2CCC3(C)C(=CCC4(O)C3CC(OC(=O)C=Cc3ccccc3)C3(C)C(O)(C(C)OC(=O)c5ccccc5)CCC43O)C2)OC(C)C1OC1CC(OC)C(OC2CC(OC)C(OC3OC(C)C(O)C(OC)C3O)C(C)O2)C(C)O1. The van der Waals surface area contributed by atoms with Gasteiger partial charge in [0.25, 0.3) is 0 Å². The molecule has 0 bridgehead atoms. The number of aliphatic hydroxyl groups excluding tert-OH is 2. The van der Waals surface area contributed by atoms with Gasteiger partial charge in [0, 0.05) is 59.7 Å². The van der Waals surface area contributed by atoms with E-state index in [2.05, 4.69) is 6.92 Å². The predicted molar refractivity (Wildman–Crippen MR) is 308 cm³/mol. The number of ether oxygens (including phenoxy) is 14. The van der Waals surface area contributed by atoms with Gasteiger partial charge in [-0.15, -0.1) is 0 Å². The molecule has 4 heterocycles. The third kappa shape index (κ3) is 11.9. The second kappa shape index (κ2) is 26.2. The van der Waals surface area contributed by atoms with E-state index in [4.69, 9.17) is 66.3 Å². The van der Waals surface area contributed by atoms with Crippen molar-refractivity contribution in [2.24, 2.45) is 16.7 Å². The fourth-order valence-electron chi connectivity index (χ4n) is 16.1. The number of fused-ring (bicyclic) bond motifs is 5. The van der Waals surface area contributed by atoms with Crippen LogP contribution in [0.3, 0.4) is 0 Å². The third-order valence-corrected chi connectivity index (χ3v) is 21.1. The fourth-order valence-corrected chi connectivity index (χ4v) is 16.1. The zero-order valence-electron chi connectivity index (χ0n) is 51.5.